The van der Waals surface area contributed by atoms with E-state index in [-0.39, 0.29) is 25.0 Å². The van der Waals surface area contributed by atoms with Crippen LogP contribution in [-0.2, 0) is 35.2 Å². The third-order valence-corrected chi connectivity index (χ3v) is 10.5. The van der Waals surface area contributed by atoms with Gasteiger partial charge in [0.1, 0.15) is 17.1 Å². The Morgan fingerprint density at radius 3 is 2.26 bits per heavy atom. The van der Waals surface area contributed by atoms with Crippen LogP contribution in [0.25, 0.3) is 0 Å². The second-order valence-electron chi connectivity index (χ2n) is 15.7. The van der Waals surface area contributed by atoms with E-state index in [1.807, 2.05) is 24.3 Å². The molecule has 0 spiro atoms. The number of hydrogen-bond donors (Lipinski definition) is 1. The van der Waals surface area contributed by atoms with Crippen molar-refractivity contribution in [3.05, 3.63) is 106 Å². The number of carbonyl (C=O) groups excluding carboxylic acids is 2. The minimum atomic E-state index is -0.637. The molecule has 8 rings (SSSR count). The van der Waals surface area contributed by atoms with Crippen LogP contribution in [0.5, 0.6) is 34.5 Å². The third kappa shape index (κ3) is 8.20. The SMILES string of the molecule is COc1c(C)cc2c3c1Oc1ccc4c(c1)[C@H](Cc1ccc(cc1)Oc1cc(ccc1OC(=O)CCNC(=O)OC(C)(C)C)C[C@H]3N(C)CC2)N(C)CC4. The van der Waals surface area contributed by atoms with Crippen molar-refractivity contribution in [3.63, 3.8) is 0 Å². The van der Waals surface area contributed by atoms with E-state index in [0.29, 0.717) is 23.7 Å². The summed E-state index contributed by atoms with van der Waals surface area (Å²) >= 11 is 0. The van der Waals surface area contributed by atoms with Crippen molar-refractivity contribution in [1.29, 1.82) is 0 Å². The largest absolute Gasteiger partial charge is 0.493 e. The van der Waals surface area contributed by atoms with E-state index in [1.165, 1.54) is 22.3 Å². The quantitative estimate of drug-likeness (QED) is 0.161. The van der Waals surface area contributed by atoms with Gasteiger partial charge in [0, 0.05) is 37.3 Å². The minimum absolute atomic E-state index is 0.0342. The van der Waals surface area contributed by atoms with Crippen LogP contribution in [0.1, 0.15) is 78.2 Å². The van der Waals surface area contributed by atoms with Crippen molar-refractivity contribution in [2.45, 2.75) is 77.5 Å². The van der Waals surface area contributed by atoms with Crippen molar-refractivity contribution < 1.29 is 33.3 Å². The molecule has 1 N–H and O–H groups in total. The number of carbonyl (C=O) groups is 2. The Morgan fingerprint density at radius 2 is 1.52 bits per heavy atom. The zero-order valence-corrected chi connectivity index (χ0v) is 32.4. The highest BCUT2D eigenvalue weighted by Gasteiger charge is 2.33. The Kier molecular flexibility index (Phi) is 10.6. The second-order valence-corrected chi connectivity index (χ2v) is 15.7. The molecule has 4 heterocycles. The van der Waals surface area contributed by atoms with E-state index in [2.05, 4.69) is 72.5 Å². The first-order valence-corrected chi connectivity index (χ1v) is 18.8. The van der Waals surface area contributed by atoms with Gasteiger partial charge in [-0.05, 0) is 137 Å². The molecule has 54 heavy (non-hydrogen) atoms. The first-order valence-electron chi connectivity index (χ1n) is 18.8. The highest BCUT2D eigenvalue weighted by molar-refractivity contribution is 5.75. The van der Waals surface area contributed by atoms with E-state index >= 15 is 0 Å². The van der Waals surface area contributed by atoms with Gasteiger partial charge in [0.2, 0.25) is 0 Å². The van der Waals surface area contributed by atoms with Crippen LogP contribution < -0.4 is 24.3 Å². The number of rotatable bonds is 5. The third-order valence-electron chi connectivity index (χ3n) is 10.5. The maximum Gasteiger partial charge on any atom is 0.407 e. The molecular weight excluding hydrogens is 682 g/mol. The Labute approximate surface area is 318 Å². The van der Waals surface area contributed by atoms with Crippen LogP contribution in [0.3, 0.4) is 0 Å². The van der Waals surface area contributed by atoms with E-state index in [9.17, 15) is 9.59 Å². The predicted molar refractivity (Wildman–Crippen MR) is 207 cm³/mol. The molecule has 10 nitrogen and oxygen atoms in total. The zero-order valence-electron chi connectivity index (χ0n) is 32.4. The van der Waals surface area contributed by atoms with Gasteiger partial charge in [0.25, 0.3) is 0 Å². The van der Waals surface area contributed by atoms with E-state index < -0.39 is 17.7 Å². The molecule has 0 aliphatic carbocycles. The number of benzene rings is 4. The maximum absolute atomic E-state index is 13.1. The number of likely N-dealkylation sites (N-methyl/N-ethyl adjacent to an activating group) is 2. The normalized spacial score (nSPS) is 18.3. The van der Waals surface area contributed by atoms with Crippen LogP contribution in [0.4, 0.5) is 4.79 Å². The molecule has 4 aromatic carbocycles. The number of nitrogens with one attached hydrogen (secondary N) is 1. The molecular formula is C44H51N3O7. The fraction of sp³-hybridized carbons (Fsp3) is 0.409. The number of methoxy groups -OCH3 is 1. The lowest BCUT2D eigenvalue weighted by molar-refractivity contribution is -0.134. The number of ether oxygens (including phenoxy) is 5. The first kappa shape index (κ1) is 37.3. The molecule has 0 fully saturated rings. The summed E-state index contributed by atoms with van der Waals surface area (Å²) in [5.41, 5.74) is 7.57. The van der Waals surface area contributed by atoms with Crippen molar-refractivity contribution in [1.82, 2.24) is 15.1 Å². The van der Waals surface area contributed by atoms with Crippen molar-refractivity contribution >= 4 is 12.1 Å². The lowest BCUT2D eigenvalue weighted by atomic mass is 9.86. The number of alkyl carbamates (subject to hydrolysis) is 1. The fourth-order valence-corrected chi connectivity index (χ4v) is 7.82. The maximum atomic E-state index is 13.1. The van der Waals surface area contributed by atoms with Crippen LogP contribution >= 0.6 is 0 Å². The molecule has 0 saturated carbocycles. The van der Waals surface area contributed by atoms with Gasteiger partial charge in [-0.2, -0.15) is 0 Å². The van der Waals surface area contributed by atoms with Crippen LogP contribution in [0, 0.1) is 6.92 Å². The summed E-state index contributed by atoms with van der Waals surface area (Å²) in [5, 5.41) is 2.62. The minimum Gasteiger partial charge on any atom is -0.493 e. The predicted octanol–water partition coefficient (Wildman–Crippen LogP) is 8.27. The number of hydrogen-bond acceptors (Lipinski definition) is 9. The summed E-state index contributed by atoms with van der Waals surface area (Å²) in [6.45, 7) is 9.38. The van der Waals surface area contributed by atoms with Gasteiger partial charge < -0.3 is 29.0 Å². The molecule has 0 aromatic heterocycles. The van der Waals surface area contributed by atoms with E-state index in [1.54, 1.807) is 33.9 Å². The smallest absolute Gasteiger partial charge is 0.407 e. The summed E-state index contributed by atoms with van der Waals surface area (Å²) in [6.07, 6.45) is 2.71. The van der Waals surface area contributed by atoms with Crippen molar-refractivity contribution in [2.75, 3.05) is 40.8 Å². The van der Waals surface area contributed by atoms with Crippen LogP contribution in [0.15, 0.2) is 66.7 Å². The summed E-state index contributed by atoms with van der Waals surface area (Å²) in [6, 6.07) is 22.8. The fourth-order valence-electron chi connectivity index (χ4n) is 7.82. The lowest BCUT2D eigenvalue weighted by Crippen LogP contribution is -2.34. The van der Waals surface area contributed by atoms with Gasteiger partial charge in [-0.25, -0.2) is 4.79 Å². The highest BCUT2D eigenvalue weighted by Crippen LogP contribution is 2.48. The number of aryl methyl sites for hydroxylation is 1. The lowest BCUT2D eigenvalue weighted by Gasteiger charge is -2.37. The van der Waals surface area contributed by atoms with Gasteiger partial charge in [-0.15, -0.1) is 0 Å². The molecule has 6 bridgehead atoms. The molecule has 0 radical (unpaired) electrons. The van der Waals surface area contributed by atoms with Crippen LogP contribution in [-0.4, -0.2) is 68.3 Å². The standard InChI is InChI=1S/C44H51N3O7/c1-27-22-31-18-21-47(6)36-24-29-10-15-37(53-39(48)16-19-45-43(49)54-44(2,3)4)38(25-29)51-32-12-8-28(9-13-32)23-35-34-26-33(14-11-30(34)17-20-46(35)5)52-42(40(31)36)41(27)50-7/h8-15,22,25-26,35-36H,16-21,23-24H2,1-7H3,(H,45,49)/t35-,36+/m0/s1. The highest BCUT2D eigenvalue weighted by atomic mass is 16.6. The van der Waals surface area contributed by atoms with Gasteiger partial charge in [0.05, 0.1) is 13.5 Å². The summed E-state index contributed by atoms with van der Waals surface area (Å²) < 4.78 is 30.7. The van der Waals surface area contributed by atoms with Gasteiger partial charge >= 0.3 is 12.1 Å². The molecule has 4 aromatic rings. The topological polar surface area (TPSA) is 98.8 Å². The average Bonchev–Trinajstić information content (AvgIpc) is 3.11. The average molecular weight is 734 g/mol. The Balaban J connectivity index is 1.27. The Hall–Kier alpha value is -5.06. The van der Waals surface area contributed by atoms with Crippen molar-refractivity contribution in [2.24, 2.45) is 0 Å². The van der Waals surface area contributed by atoms with Gasteiger partial charge in [-0.1, -0.05) is 30.3 Å². The number of nitrogens with zero attached hydrogens (tertiary/aromatic N) is 2. The van der Waals surface area contributed by atoms with Crippen molar-refractivity contribution in [3.8, 4) is 34.5 Å². The molecule has 10 heteroatoms. The first-order chi connectivity index (χ1) is 25.8. The second kappa shape index (κ2) is 15.4. The molecule has 4 aliphatic rings. The van der Waals surface area contributed by atoms with Gasteiger partial charge in [-0.3, -0.25) is 14.6 Å². The number of esters is 1. The number of amides is 1. The molecule has 284 valence electrons. The monoisotopic (exact) mass is 733 g/mol. The summed E-state index contributed by atoms with van der Waals surface area (Å²) in [7, 11) is 6.05. The Bertz CT molecular complexity index is 2040. The summed E-state index contributed by atoms with van der Waals surface area (Å²) in [4.78, 5) is 30.0. The van der Waals surface area contributed by atoms with Gasteiger partial charge in [0.15, 0.2) is 23.0 Å². The molecule has 2 atom stereocenters. The van der Waals surface area contributed by atoms with E-state index in [4.69, 9.17) is 23.7 Å². The molecule has 1 amide bonds. The zero-order chi connectivity index (χ0) is 38.1. The number of fused-ring (bicyclic) bond motifs is 2. The van der Waals surface area contributed by atoms with E-state index in [0.717, 1.165) is 66.3 Å². The molecule has 0 saturated heterocycles. The molecule has 0 unspecified atom stereocenters. The Morgan fingerprint density at radius 1 is 0.833 bits per heavy atom. The summed E-state index contributed by atoms with van der Waals surface area (Å²) in [5.74, 6) is 3.15. The van der Waals surface area contributed by atoms with Crippen LogP contribution in [0.2, 0.25) is 0 Å². The molecule has 4 aliphatic heterocycles.